The number of rotatable bonds is 4. The fraction of sp³-hybridized carbons (Fsp3) is 0.467. The Morgan fingerprint density at radius 3 is 2.65 bits per heavy atom. The van der Waals surface area contributed by atoms with Gasteiger partial charge >= 0.3 is 0 Å². The molecule has 2 N–H and O–H groups in total. The minimum atomic E-state index is -2.54. The van der Waals surface area contributed by atoms with Gasteiger partial charge in [-0.1, -0.05) is 12.1 Å². The molecule has 0 radical (unpaired) electrons. The van der Waals surface area contributed by atoms with Crippen molar-refractivity contribution >= 4 is 23.6 Å². The predicted octanol–water partition coefficient (Wildman–Crippen LogP) is 1.49. The summed E-state index contributed by atoms with van der Waals surface area (Å²) in [6.07, 6.45) is -1.92. The van der Waals surface area contributed by atoms with Gasteiger partial charge in [0.25, 0.3) is 6.43 Å². The third-order valence-electron chi connectivity index (χ3n) is 3.95. The maximum Gasteiger partial charge on any atom is 0.272 e. The lowest BCUT2D eigenvalue weighted by atomic mass is 9.91. The minimum Gasteiger partial charge on any atom is -0.488 e. The van der Waals surface area contributed by atoms with Crippen LogP contribution in [0.4, 0.5) is 8.78 Å². The Morgan fingerprint density at radius 2 is 2.04 bits per heavy atom. The van der Waals surface area contributed by atoms with Crippen LogP contribution in [0.2, 0.25) is 0 Å². The van der Waals surface area contributed by atoms with Gasteiger partial charge in [-0.3, -0.25) is 9.59 Å². The standard InChI is InChI=1S/C15H16F2N2O3S/c16-11(17)7-22-10-3-1-9(2-4-10)12-13(20)19-15(14(21)18-12)5-6-23-8-15/h1-4,11-12H,5-8H2,(H,18,21)(H,19,20). The Balaban J connectivity index is 1.70. The molecule has 124 valence electrons. The highest BCUT2D eigenvalue weighted by Crippen LogP contribution is 2.32. The molecule has 1 aromatic rings. The smallest absolute Gasteiger partial charge is 0.272 e. The molecule has 2 aliphatic rings. The summed E-state index contributed by atoms with van der Waals surface area (Å²) >= 11 is 1.64. The van der Waals surface area contributed by atoms with Crippen molar-refractivity contribution in [2.75, 3.05) is 18.1 Å². The lowest BCUT2D eigenvalue weighted by molar-refractivity contribution is -0.140. The molecule has 0 aliphatic carbocycles. The Labute approximate surface area is 136 Å². The normalized spacial score (nSPS) is 27.2. The van der Waals surface area contributed by atoms with Gasteiger partial charge in [-0.05, 0) is 29.9 Å². The molecule has 8 heteroatoms. The van der Waals surface area contributed by atoms with Crippen molar-refractivity contribution in [3.05, 3.63) is 29.8 Å². The molecule has 0 bridgehead atoms. The number of piperazine rings is 1. The average molecular weight is 342 g/mol. The van der Waals surface area contributed by atoms with E-state index in [1.807, 2.05) is 0 Å². The van der Waals surface area contributed by atoms with Crippen LogP contribution < -0.4 is 15.4 Å². The topological polar surface area (TPSA) is 67.4 Å². The predicted molar refractivity (Wildman–Crippen MR) is 81.6 cm³/mol. The third-order valence-corrected chi connectivity index (χ3v) is 5.14. The average Bonchev–Trinajstić information content (AvgIpc) is 2.99. The van der Waals surface area contributed by atoms with Gasteiger partial charge in [0.1, 0.15) is 23.9 Å². The van der Waals surface area contributed by atoms with Gasteiger partial charge in [0.05, 0.1) is 0 Å². The fourth-order valence-electron chi connectivity index (χ4n) is 2.69. The lowest BCUT2D eigenvalue weighted by Gasteiger charge is -2.36. The summed E-state index contributed by atoms with van der Waals surface area (Å²) in [7, 11) is 0. The van der Waals surface area contributed by atoms with E-state index in [1.54, 1.807) is 23.9 Å². The second-order valence-corrected chi connectivity index (χ2v) is 6.66. The van der Waals surface area contributed by atoms with Gasteiger partial charge in [-0.25, -0.2) is 8.78 Å². The Hall–Kier alpha value is -1.83. The van der Waals surface area contributed by atoms with Gasteiger partial charge < -0.3 is 15.4 Å². The van der Waals surface area contributed by atoms with E-state index in [9.17, 15) is 18.4 Å². The molecule has 1 spiro atoms. The van der Waals surface area contributed by atoms with E-state index in [1.165, 1.54) is 12.1 Å². The Bertz CT molecular complexity index is 603. The first kappa shape index (κ1) is 16.0. The Morgan fingerprint density at radius 1 is 1.30 bits per heavy atom. The zero-order chi connectivity index (χ0) is 16.4. The first-order valence-electron chi connectivity index (χ1n) is 7.22. The van der Waals surface area contributed by atoms with E-state index in [4.69, 9.17) is 4.74 Å². The number of hydrogen-bond donors (Lipinski definition) is 2. The van der Waals surface area contributed by atoms with Gasteiger partial charge in [-0.15, -0.1) is 0 Å². The first-order valence-corrected chi connectivity index (χ1v) is 8.37. The van der Waals surface area contributed by atoms with Crippen molar-refractivity contribution in [3.63, 3.8) is 0 Å². The maximum atomic E-state index is 12.3. The second-order valence-electron chi connectivity index (χ2n) is 5.55. The number of hydrogen-bond acceptors (Lipinski definition) is 4. The number of ether oxygens (including phenoxy) is 1. The van der Waals surface area contributed by atoms with Crippen LogP contribution in [0.1, 0.15) is 18.0 Å². The maximum absolute atomic E-state index is 12.3. The van der Waals surface area contributed by atoms with Crippen LogP contribution in [0.25, 0.3) is 0 Å². The summed E-state index contributed by atoms with van der Waals surface area (Å²) in [6.45, 7) is -0.680. The number of thioether (sulfide) groups is 1. The number of nitrogens with one attached hydrogen (secondary N) is 2. The molecule has 1 aromatic carbocycles. The van der Waals surface area contributed by atoms with Crippen LogP contribution >= 0.6 is 11.8 Å². The molecule has 2 saturated heterocycles. The molecule has 2 heterocycles. The lowest BCUT2D eigenvalue weighted by Crippen LogP contribution is -2.66. The van der Waals surface area contributed by atoms with E-state index in [0.717, 1.165) is 5.75 Å². The Kier molecular flexibility index (Phi) is 4.43. The number of halogens is 2. The van der Waals surface area contributed by atoms with Crippen LogP contribution in [0.5, 0.6) is 5.75 Å². The molecular weight excluding hydrogens is 326 g/mol. The largest absolute Gasteiger partial charge is 0.488 e. The summed E-state index contributed by atoms with van der Waals surface area (Å²) in [6, 6.07) is 5.42. The van der Waals surface area contributed by atoms with E-state index in [-0.39, 0.29) is 11.8 Å². The quantitative estimate of drug-likeness (QED) is 0.870. The number of carbonyl (C=O) groups is 2. The van der Waals surface area contributed by atoms with Crippen LogP contribution in [-0.4, -0.2) is 41.9 Å². The molecule has 0 aromatic heterocycles. The number of alkyl halides is 2. The van der Waals surface area contributed by atoms with Crippen LogP contribution in [0.15, 0.2) is 24.3 Å². The van der Waals surface area contributed by atoms with E-state index in [0.29, 0.717) is 23.5 Å². The second kappa shape index (κ2) is 6.35. The van der Waals surface area contributed by atoms with Crippen molar-refractivity contribution in [3.8, 4) is 5.75 Å². The summed E-state index contributed by atoms with van der Waals surface area (Å²) in [5.74, 6) is 1.28. The van der Waals surface area contributed by atoms with Gasteiger partial charge in [0, 0.05) is 5.75 Å². The van der Waals surface area contributed by atoms with Crippen molar-refractivity contribution in [1.29, 1.82) is 0 Å². The fourth-order valence-corrected chi connectivity index (χ4v) is 4.03. The highest BCUT2D eigenvalue weighted by molar-refractivity contribution is 7.99. The van der Waals surface area contributed by atoms with E-state index >= 15 is 0 Å². The SMILES string of the molecule is O=C1NC2(CCSC2)C(=O)NC1c1ccc(OCC(F)F)cc1. The number of benzene rings is 1. The monoisotopic (exact) mass is 342 g/mol. The molecule has 2 atom stereocenters. The minimum absolute atomic E-state index is 0.176. The van der Waals surface area contributed by atoms with Crippen LogP contribution in [0.3, 0.4) is 0 Å². The zero-order valence-electron chi connectivity index (χ0n) is 12.2. The molecule has 2 fully saturated rings. The van der Waals surface area contributed by atoms with Gasteiger partial charge in [0.2, 0.25) is 11.8 Å². The van der Waals surface area contributed by atoms with Crippen LogP contribution in [0, 0.1) is 0 Å². The van der Waals surface area contributed by atoms with E-state index in [2.05, 4.69) is 10.6 Å². The molecule has 23 heavy (non-hydrogen) atoms. The summed E-state index contributed by atoms with van der Waals surface area (Å²) in [4.78, 5) is 24.7. The summed E-state index contributed by atoms with van der Waals surface area (Å²) in [5, 5.41) is 5.60. The van der Waals surface area contributed by atoms with Crippen LogP contribution in [-0.2, 0) is 9.59 Å². The highest BCUT2D eigenvalue weighted by atomic mass is 32.2. The number of amides is 2. The number of carbonyl (C=O) groups excluding carboxylic acids is 2. The van der Waals surface area contributed by atoms with Crippen molar-refractivity contribution in [1.82, 2.24) is 10.6 Å². The van der Waals surface area contributed by atoms with Gasteiger partial charge in [-0.2, -0.15) is 11.8 Å². The highest BCUT2D eigenvalue weighted by Gasteiger charge is 2.48. The molecule has 2 amide bonds. The molecule has 3 rings (SSSR count). The third kappa shape index (κ3) is 3.26. The van der Waals surface area contributed by atoms with Crippen molar-refractivity contribution < 1.29 is 23.1 Å². The molecule has 2 unspecified atom stereocenters. The molecule has 5 nitrogen and oxygen atoms in total. The first-order chi connectivity index (χ1) is 11.0. The van der Waals surface area contributed by atoms with Crippen molar-refractivity contribution in [2.24, 2.45) is 0 Å². The van der Waals surface area contributed by atoms with Gasteiger partial charge in [0.15, 0.2) is 0 Å². The molecule has 0 saturated carbocycles. The molecular formula is C15H16F2N2O3S. The summed E-state index contributed by atoms with van der Waals surface area (Å²) < 4.78 is 29.1. The zero-order valence-corrected chi connectivity index (χ0v) is 13.0. The molecule has 2 aliphatic heterocycles. The van der Waals surface area contributed by atoms with Crippen molar-refractivity contribution in [2.45, 2.75) is 24.4 Å². The van der Waals surface area contributed by atoms with E-state index < -0.39 is 24.6 Å². The summed E-state index contributed by atoms with van der Waals surface area (Å²) in [5.41, 5.74) is -0.209.